The van der Waals surface area contributed by atoms with E-state index in [0.29, 0.717) is 25.4 Å². The lowest BCUT2D eigenvalue weighted by Gasteiger charge is -2.37. The third-order valence-electron chi connectivity index (χ3n) is 7.11. The van der Waals surface area contributed by atoms with E-state index < -0.39 is 8.32 Å². The molecular formula is C30H40BrN3O4Si. The molecule has 210 valence electrons. The summed E-state index contributed by atoms with van der Waals surface area (Å²) in [6.07, 6.45) is 0.338. The van der Waals surface area contributed by atoms with Crippen molar-refractivity contribution in [2.45, 2.75) is 71.8 Å². The van der Waals surface area contributed by atoms with Gasteiger partial charge in [0.15, 0.2) is 14.0 Å². The largest absolute Gasteiger partial charge is 0.491 e. The molecule has 0 bridgehead atoms. The predicted octanol–water partition coefficient (Wildman–Crippen LogP) is 6.99. The first-order valence-electron chi connectivity index (χ1n) is 13.2. The fourth-order valence-corrected chi connectivity index (χ4v) is 5.19. The molecule has 0 radical (unpaired) electrons. The van der Waals surface area contributed by atoms with Crippen LogP contribution in [0.4, 0.5) is 0 Å². The van der Waals surface area contributed by atoms with E-state index in [1.54, 1.807) is 4.90 Å². The summed E-state index contributed by atoms with van der Waals surface area (Å²) in [6.45, 7) is 15.9. The van der Waals surface area contributed by atoms with Crippen LogP contribution in [-0.2, 0) is 17.5 Å². The van der Waals surface area contributed by atoms with Gasteiger partial charge in [-0.25, -0.2) is 4.98 Å². The van der Waals surface area contributed by atoms with Gasteiger partial charge in [0.25, 0.3) is 11.8 Å². The maximum atomic E-state index is 14.0. The number of ether oxygens (including phenoxy) is 1. The van der Waals surface area contributed by atoms with E-state index in [4.69, 9.17) is 9.16 Å². The molecule has 2 aromatic carbocycles. The maximum absolute atomic E-state index is 14.0. The van der Waals surface area contributed by atoms with Crippen LogP contribution >= 0.6 is 15.9 Å². The van der Waals surface area contributed by atoms with Crippen molar-refractivity contribution in [1.29, 1.82) is 0 Å². The summed E-state index contributed by atoms with van der Waals surface area (Å²) in [5.74, 6) is -0.378. The van der Waals surface area contributed by atoms with Crippen molar-refractivity contribution in [2.75, 3.05) is 13.2 Å². The van der Waals surface area contributed by atoms with Crippen molar-refractivity contribution in [3.63, 3.8) is 0 Å². The second-order valence-electron chi connectivity index (χ2n) is 11.4. The molecule has 3 rings (SSSR count). The lowest BCUT2D eigenvalue weighted by atomic mass is 10.1. The fraction of sp³-hybridized carbons (Fsp3) is 0.433. The zero-order valence-electron chi connectivity index (χ0n) is 24.0. The molecule has 0 aliphatic heterocycles. The van der Waals surface area contributed by atoms with E-state index >= 15 is 0 Å². The lowest BCUT2D eigenvalue weighted by Crippen LogP contribution is -2.45. The minimum Gasteiger partial charge on any atom is -0.491 e. The van der Waals surface area contributed by atoms with E-state index in [-0.39, 0.29) is 40.9 Å². The highest BCUT2D eigenvalue weighted by atomic mass is 79.9. The lowest BCUT2D eigenvalue weighted by molar-refractivity contribution is 0.0656. The standard InChI is InChI=1S/C30H40BrN3O4Si/c1-21(2)34(17-18-38-39(6,7)30(3,4)5)29(36)26-27(37-20-22-13-9-8-10-14-22)28(35)33-25(32-26)19-23-15-11-12-16-24(23)31/h8-16,21H,17-20H2,1-7H3,(H,32,33,35). The Morgan fingerprint density at radius 2 is 1.69 bits per heavy atom. The van der Waals surface area contributed by atoms with Crippen molar-refractivity contribution in [3.8, 4) is 11.6 Å². The van der Waals surface area contributed by atoms with Crippen molar-refractivity contribution in [1.82, 2.24) is 14.9 Å². The smallest absolute Gasteiger partial charge is 0.276 e. The van der Waals surface area contributed by atoms with E-state index in [2.05, 4.69) is 59.8 Å². The summed E-state index contributed by atoms with van der Waals surface area (Å²) in [5.41, 5.74) is 1.88. The van der Waals surface area contributed by atoms with Gasteiger partial charge >= 0.3 is 0 Å². The first kappa shape index (κ1) is 30.8. The van der Waals surface area contributed by atoms with E-state index in [9.17, 15) is 9.90 Å². The van der Waals surface area contributed by atoms with Crippen LogP contribution in [0.5, 0.6) is 11.6 Å². The van der Waals surface area contributed by atoms with Crippen molar-refractivity contribution < 1.29 is 19.1 Å². The van der Waals surface area contributed by atoms with Crippen LogP contribution in [0.15, 0.2) is 59.1 Å². The number of carbonyl (C=O) groups excluding carboxylic acids is 1. The Morgan fingerprint density at radius 1 is 1.05 bits per heavy atom. The molecule has 7 nitrogen and oxygen atoms in total. The molecule has 0 aliphatic carbocycles. The minimum atomic E-state index is -1.98. The quantitative estimate of drug-likeness (QED) is 0.235. The number of aromatic nitrogens is 2. The summed E-state index contributed by atoms with van der Waals surface area (Å²) in [5, 5.41) is 11.0. The van der Waals surface area contributed by atoms with Gasteiger partial charge in [-0.15, -0.1) is 0 Å². The Bertz CT molecular complexity index is 1260. The first-order chi connectivity index (χ1) is 18.3. The highest BCUT2D eigenvalue weighted by Gasteiger charge is 2.37. The normalized spacial score (nSPS) is 12.0. The van der Waals surface area contributed by atoms with Crippen LogP contribution < -0.4 is 4.74 Å². The third-order valence-corrected chi connectivity index (χ3v) is 12.4. The molecule has 0 spiro atoms. The highest BCUT2D eigenvalue weighted by molar-refractivity contribution is 9.10. The molecule has 0 saturated heterocycles. The van der Waals surface area contributed by atoms with Gasteiger partial charge in [-0.1, -0.05) is 85.2 Å². The average molecular weight is 615 g/mol. The number of aromatic hydroxyl groups is 1. The van der Waals surface area contributed by atoms with Crippen molar-refractivity contribution in [2.24, 2.45) is 0 Å². The molecule has 0 atom stereocenters. The summed E-state index contributed by atoms with van der Waals surface area (Å²) in [7, 11) is -1.98. The number of benzene rings is 2. The number of carbonyl (C=O) groups is 1. The molecule has 9 heteroatoms. The zero-order chi connectivity index (χ0) is 28.8. The summed E-state index contributed by atoms with van der Waals surface area (Å²) < 4.78 is 13.2. The second-order valence-corrected chi connectivity index (χ2v) is 17.0. The van der Waals surface area contributed by atoms with Crippen molar-refractivity contribution in [3.05, 3.63) is 81.7 Å². The van der Waals surface area contributed by atoms with Gasteiger partial charge in [0.1, 0.15) is 12.4 Å². The Morgan fingerprint density at radius 3 is 2.31 bits per heavy atom. The Hall–Kier alpha value is -2.75. The molecule has 0 saturated carbocycles. The SMILES string of the molecule is CC(C)N(CCO[Si](C)(C)C(C)(C)C)C(=O)c1nc(Cc2ccccc2Br)nc(O)c1OCc1ccccc1. The number of nitrogens with zero attached hydrogens (tertiary/aromatic N) is 3. The zero-order valence-corrected chi connectivity index (χ0v) is 26.6. The van der Waals surface area contributed by atoms with Crippen LogP contribution in [0.2, 0.25) is 18.1 Å². The van der Waals surface area contributed by atoms with Gasteiger partial charge in [0, 0.05) is 23.5 Å². The molecule has 0 unspecified atom stereocenters. The van der Waals surface area contributed by atoms with Crippen LogP contribution in [0, 0.1) is 0 Å². The average Bonchev–Trinajstić information content (AvgIpc) is 2.86. The van der Waals surface area contributed by atoms with Gasteiger partial charge in [0.05, 0.1) is 6.61 Å². The topological polar surface area (TPSA) is 84.8 Å². The Kier molecular flexibility index (Phi) is 10.3. The van der Waals surface area contributed by atoms with E-state index in [1.807, 2.05) is 68.4 Å². The maximum Gasteiger partial charge on any atom is 0.276 e. The summed E-state index contributed by atoms with van der Waals surface area (Å²) in [6, 6.07) is 17.2. The number of rotatable bonds is 11. The minimum absolute atomic E-state index is 0.0179. The van der Waals surface area contributed by atoms with Crippen LogP contribution in [0.25, 0.3) is 0 Å². The van der Waals surface area contributed by atoms with Gasteiger partial charge in [-0.05, 0) is 49.2 Å². The second kappa shape index (κ2) is 13.1. The summed E-state index contributed by atoms with van der Waals surface area (Å²) in [4.78, 5) is 24.6. The first-order valence-corrected chi connectivity index (χ1v) is 16.9. The molecule has 1 amide bonds. The highest BCUT2D eigenvalue weighted by Crippen LogP contribution is 2.36. The van der Waals surface area contributed by atoms with E-state index in [0.717, 1.165) is 15.6 Å². The van der Waals surface area contributed by atoms with Gasteiger partial charge in [0.2, 0.25) is 5.75 Å². The van der Waals surface area contributed by atoms with E-state index in [1.165, 1.54) is 0 Å². The predicted molar refractivity (Wildman–Crippen MR) is 161 cm³/mol. The van der Waals surface area contributed by atoms with Gasteiger partial charge < -0.3 is 19.2 Å². The number of halogens is 1. The third kappa shape index (κ3) is 8.12. The van der Waals surface area contributed by atoms with Crippen LogP contribution in [0.3, 0.4) is 0 Å². The molecule has 0 aliphatic rings. The van der Waals surface area contributed by atoms with Gasteiger partial charge in [-0.2, -0.15) is 4.98 Å². The van der Waals surface area contributed by atoms with Crippen LogP contribution in [0.1, 0.15) is 62.1 Å². The molecule has 3 aromatic rings. The molecular weight excluding hydrogens is 574 g/mol. The molecule has 0 fully saturated rings. The van der Waals surface area contributed by atoms with Gasteiger partial charge in [-0.3, -0.25) is 4.79 Å². The fourth-order valence-electron chi connectivity index (χ4n) is 3.73. The monoisotopic (exact) mass is 613 g/mol. The van der Waals surface area contributed by atoms with Crippen molar-refractivity contribution >= 4 is 30.2 Å². The summed E-state index contributed by atoms with van der Waals surface area (Å²) >= 11 is 3.56. The Balaban J connectivity index is 1.94. The Labute approximate surface area is 241 Å². The number of amides is 1. The molecule has 39 heavy (non-hydrogen) atoms. The molecule has 1 heterocycles. The number of hydrogen-bond donors (Lipinski definition) is 1. The van der Waals surface area contributed by atoms with Crippen LogP contribution in [-0.4, -0.2) is 53.4 Å². The molecule has 1 aromatic heterocycles. The molecule has 1 N–H and O–H groups in total. The number of hydrogen-bond acceptors (Lipinski definition) is 6.